The van der Waals surface area contributed by atoms with Gasteiger partial charge in [0.2, 0.25) is 0 Å². The van der Waals surface area contributed by atoms with Crippen LogP contribution in [-0.2, 0) is 9.57 Å². The van der Waals surface area contributed by atoms with Gasteiger partial charge < -0.3 is 20.1 Å². The summed E-state index contributed by atoms with van der Waals surface area (Å²) in [6, 6.07) is -0.255. The third-order valence-corrected chi connectivity index (χ3v) is 3.18. The molecule has 0 unspecified atom stereocenters. The monoisotopic (exact) mass is 233 g/mol. The molecule has 0 aromatic carbocycles. The summed E-state index contributed by atoms with van der Waals surface area (Å²) in [4.78, 5) is 5.50. The van der Waals surface area contributed by atoms with Gasteiger partial charge in [-0.1, -0.05) is 0 Å². The summed E-state index contributed by atoms with van der Waals surface area (Å²) in [7, 11) is 0. The molecule has 16 heavy (non-hydrogen) atoms. The van der Waals surface area contributed by atoms with E-state index in [1.54, 1.807) is 0 Å². The van der Waals surface area contributed by atoms with E-state index in [-0.39, 0.29) is 18.9 Å². The van der Waals surface area contributed by atoms with Crippen LogP contribution < -0.4 is 0 Å². The van der Waals surface area contributed by atoms with Crippen molar-refractivity contribution in [2.75, 3.05) is 13.2 Å². The number of rotatable bonds is 2. The second-order valence-corrected chi connectivity index (χ2v) is 4.28. The molecule has 2 fully saturated rings. The summed E-state index contributed by atoms with van der Waals surface area (Å²) < 4.78 is 5.34. The summed E-state index contributed by atoms with van der Waals surface area (Å²) >= 11 is 0. The predicted molar refractivity (Wildman–Crippen MR) is 54.2 cm³/mol. The lowest BCUT2D eigenvalue weighted by Crippen LogP contribution is -2.63. The SMILES string of the molecule is CCO[C@@H]1CC[C@@H]2[C@@H](O)[C@H](O)[C@H](O)CN2O1. The van der Waals surface area contributed by atoms with Crippen molar-refractivity contribution >= 4 is 0 Å². The molecule has 0 aromatic rings. The Hall–Kier alpha value is -0.240. The number of hydroxylamine groups is 2. The third kappa shape index (κ3) is 2.22. The largest absolute Gasteiger partial charge is 0.389 e. The zero-order valence-electron chi connectivity index (χ0n) is 9.32. The zero-order valence-corrected chi connectivity index (χ0v) is 9.32. The van der Waals surface area contributed by atoms with Crippen LogP contribution in [0.5, 0.6) is 0 Å². The minimum Gasteiger partial charge on any atom is -0.389 e. The van der Waals surface area contributed by atoms with Crippen LogP contribution in [0.2, 0.25) is 0 Å². The first kappa shape index (κ1) is 12.2. The van der Waals surface area contributed by atoms with Crippen LogP contribution in [0, 0.1) is 0 Å². The van der Waals surface area contributed by atoms with E-state index < -0.39 is 18.3 Å². The third-order valence-electron chi connectivity index (χ3n) is 3.18. The molecule has 0 amide bonds. The lowest BCUT2D eigenvalue weighted by Gasteiger charge is -2.46. The van der Waals surface area contributed by atoms with E-state index in [0.717, 1.165) is 0 Å². The maximum absolute atomic E-state index is 9.79. The van der Waals surface area contributed by atoms with E-state index >= 15 is 0 Å². The highest BCUT2D eigenvalue weighted by atomic mass is 16.8. The lowest BCUT2D eigenvalue weighted by atomic mass is 9.91. The minimum absolute atomic E-state index is 0.201. The van der Waals surface area contributed by atoms with Crippen LogP contribution in [0.1, 0.15) is 19.8 Å². The van der Waals surface area contributed by atoms with Crippen molar-refractivity contribution in [3.63, 3.8) is 0 Å². The maximum atomic E-state index is 9.79. The van der Waals surface area contributed by atoms with Crippen molar-refractivity contribution in [3.05, 3.63) is 0 Å². The van der Waals surface area contributed by atoms with Crippen LogP contribution in [0.3, 0.4) is 0 Å². The topological polar surface area (TPSA) is 82.4 Å². The molecule has 0 bridgehead atoms. The standard InChI is InChI=1S/C10H19NO5/c1-2-15-8-4-3-6-9(13)10(14)7(12)5-11(6)16-8/h6-10,12-14H,2-5H2,1H3/t6-,7-,8+,9-,10-/m1/s1. The van der Waals surface area contributed by atoms with Gasteiger partial charge in [0.05, 0.1) is 18.7 Å². The molecule has 2 aliphatic rings. The molecule has 94 valence electrons. The van der Waals surface area contributed by atoms with Gasteiger partial charge in [0.1, 0.15) is 12.2 Å². The number of hydrogen-bond donors (Lipinski definition) is 3. The number of aliphatic hydroxyl groups excluding tert-OH is 3. The van der Waals surface area contributed by atoms with E-state index in [1.165, 1.54) is 5.06 Å². The van der Waals surface area contributed by atoms with Crippen molar-refractivity contribution in [2.24, 2.45) is 0 Å². The zero-order chi connectivity index (χ0) is 11.7. The van der Waals surface area contributed by atoms with Gasteiger partial charge in [-0.25, -0.2) is 0 Å². The molecule has 5 atom stereocenters. The van der Waals surface area contributed by atoms with Crippen LogP contribution in [0.15, 0.2) is 0 Å². The Kier molecular flexibility index (Phi) is 3.78. The number of piperidine rings is 1. The molecule has 0 radical (unpaired) electrons. The van der Waals surface area contributed by atoms with Crippen molar-refractivity contribution in [3.8, 4) is 0 Å². The average molecular weight is 233 g/mol. The molecule has 2 rings (SSSR count). The van der Waals surface area contributed by atoms with Gasteiger partial charge in [-0.15, -0.1) is 0 Å². The molecule has 6 heteroatoms. The molecule has 0 aromatic heterocycles. The van der Waals surface area contributed by atoms with Gasteiger partial charge in [-0.05, 0) is 13.3 Å². The second kappa shape index (κ2) is 4.95. The molecule has 0 saturated carbocycles. The number of ether oxygens (including phenoxy) is 1. The van der Waals surface area contributed by atoms with Crippen LogP contribution >= 0.6 is 0 Å². The Morgan fingerprint density at radius 2 is 2.00 bits per heavy atom. The quantitative estimate of drug-likeness (QED) is 0.558. The summed E-state index contributed by atoms with van der Waals surface area (Å²) in [5.41, 5.74) is 0. The Balaban J connectivity index is 1.98. The van der Waals surface area contributed by atoms with Crippen molar-refractivity contribution in [1.29, 1.82) is 0 Å². The fourth-order valence-electron chi connectivity index (χ4n) is 2.30. The molecule has 6 nitrogen and oxygen atoms in total. The Labute approximate surface area is 94.3 Å². The molecule has 2 saturated heterocycles. The number of nitrogens with zero attached hydrogens (tertiary/aromatic N) is 1. The van der Waals surface area contributed by atoms with Gasteiger partial charge in [0, 0.05) is 13.0 Å². The molecule has 0 spiro atoms. The van der Waals surface area contributed by atoms with Gasteiger partial charge in [0.25, 0.3) is 0 Å². The van der Waals surface area contributed by atoms with Gasteiger partial charge in [-0.2, -0.15) is 5.06 Å². The number of fused-ring (bicyclic) bond motifs is 1. The van der Waals surface area contributed by atoms with Crippen molar-refractivity contribution in [1.82, 2.24) is 5.06 Å². The first-order valence-electron chi connectivity index (χ1n) is 5.72. The van der Waals surface area contributed by atoms with Crippen LogP contribution in [0.25, 0.3) is 0 Å². The number of hydrogen-bond acceptors (Lipinski definition) is 6. The highest BCUT2D eigenvalue weighted by Gasteiger charge is 2.45. The first-order valence-corrected chi connectivity index (χ1v) is 5.72. The van der Waals surface area contributed by atoms with Crippen LogP contribution in [-0.4, -0.2) is 64.2 Å². The average Bonchev–Trinajstić information content (AvgIpc) is 2.26. The molecule has 2 aliphatic heterocycles. The predicted octanol–water partition coefficient (Wildman–Crippen LogP) is -1.16. The Morgan fingerprint density at radius 3 is 2.69 bits per heavy atom. The second-order valence-electron chi connectivity index (χ2n) is 4.28. The fraction of sp³-hybridized carbons (Fsp3) is 1.00. The summed E-state index contributed by atoms with van der Waals surface area (Å²) in [6.45, 7) is 2.66. The summed E-state index contributed by atoms with van der Waals surface area (Å²) in [5.74, 6) is 0. The summed E-state index contributed by atoms with van der Waals surface area (Å²) in [6.07, 6.45) is -1.97. The molecule has 3 N–H and O–H groups in total. The first-order chi connectivity index (χ1) is 7.63. The minimum atomic E-state index is -1.09. The van der Waals surface area contributed by atoms with Gasteiger partial charge >= 0.3 is 0 Å². The van der Waals surface area contributed by atoms with Crippen LogP contribution in [0.4, 0.5) is 0 Å². The van der Waals surface area contributed by atoms with E-state index in [4.69, 9.17) is 9.57 Å². The lowest BCUT2D eigenvalue weighted by molar-refractivity contribution is -0.352. The smallest absolute Gasteiger partial charge is 0.177 e. The van der Waals surface area contributed by atoms with E-state index in [9.17, 15) is 15.3 Å². The molecule has 2 heterocycles. The Morgan fingerprint density at radius 1 is 1.25 bits per heavy atom. The molecular formula is C10H19NO5. The highest BCUT2D eigenvalue weighted by molar-refractivity contribution is 4.93. The normalized spacial score (nSPS) is 45.4. The fourth-order valence-corrected chi connectivity index (χ4v) is 2.30. The number of aliphatic hydroxyl groups is 3. The highest BCUT2D eigenvalue weighted by Crippen LogP contribution is 2.29. The van der Waals surface area contributed by atoms with E-state index in [1.807, 2.05) is 6.92 Å². The van der Waals surface area contributed by atoms with Crippen molar-refractivity contribution < 1.29 is 24.9 Å². The maximum Gasteiger partial charge on any atom is 0.177 e. The van der Waals surface area contributed by atoms with Gasteiger partial charge in [-0.3, -0.25) is 4.84 Å². The molecule has 0 aliphatic carbocycles. The van der Waals surface area contributed by atoms with Gasteiger partial charge in [0.15, 0.2) is 6.29 Å². The van der Waals surface area contributed by atoms with E-state index in [0.29, 0.717) is 19.4 Å². The van der Waals surface area contributed by atoms with Crippen molar-refractivity contribution in [2.45, 2.75) is 50.4 Å². The summed E-state index contributed by atoms with van der Waals surface area (Å²) in [5, 5.41) is 30.4. The van der Waals surface area contributed by atoms with E-state index in [2.05, 4.69) is 0 Å². The molecular weight excluding hydrogens is 214 g/mol. The Bertz CT molecular complexity index is 239.